The topological polar surface area (TPSA) is 38.3 Å². The number of rotatable bonds is 5. The van der Waals surface area contributed by atoms with Crippen molar-refractivity contribution in [2.24, 2.45) is 0 Å². The number of carbonyl (C=O) groups is 1. The first kappa shape index (κ1) is 18.3. The lowest BCUT2D eigenvalue weighted by Crippen LogP contribution is -2.13. The largest absolute Gasteiger partial charge is 0.455 e. The normalized spacial score (nSPS) is 14.4. The standard InChI is InChI=1S/C25H25NO2/c27-25(21-17-15-20(16-18-21)19-9-3-1-4-10-19)26-23-13-7-8-14-24(23)28-22-11-5-2-6-12-22/h2,5-8,11-19H,1,3-4,9-10H2,(H,26,27). The van der Waals surface area contributed by atoms with E-state index in [1.165, 1.54) is 37.7 Å². The molecule has 142 valence electrons. The van der Waals surface area contributed by atoms with E-state index in [0.29, 0.717) is 22.9 Å². The van der Waals surface area contributed by atoms with Crippen molar-refractivity contribution in [1.82, 2.24) is 0 Å². The van der Waals surface area contributed by atoms with Gasteiger partial charge >= 0.3 is 0 Å². The number of anilines is 1. The lowest BCUT2D eigenvalue weighted by atomic mass is 9.84. The number of ether oxygens (including phenoxy) is 1. The van der Waals surface area contributed by atoms with Gasteiger partial charge in [0, 0.05) is 5.56 Å². The molecule has 3 aromatic rings. The molecule has 0 radical (unpaired) electrons. The van der Waals surface area contributed by atoms with E-state index in [9.17, 15) is 4.79 Å². The number of amides is 1. The predicted molar refractivity (Wildman–Crippen MR) is 113 cm³/mol. The van der Waals surface area contributed by atoms with Gasteiger partial charge in [0.05, 0.1) is 5.69 Å². The maximum absolute atomic E-state index is 12.7. The molecule has 1 fully saturated rings. The molecular weight excluding hydrogens is 346 g/mol. The highest BCUT2D eigenvalue weighted by Crippen LogP contribution is 2.33. The molecule has 0 spiro atoms. The minimum absolute atomic E-state index is 0.126. The van der Waals surface area contributed by atoms with Gasteiger partial charge in [-0.2, -0.15) is 0 Å². The molecule has 0 aliphatic heterocycles. The van der Waals surface area contributed by atoms with Crippen LogP contribution in [-0.2, 0) is 0 Å². The zero-order valence-electron chi connectivity index (χ0n) is 15.9. The second kappa shape index (κ2) is 8.75. The van der Waals surface area contributed by atoms with E-state index in [4.69, 9.17) is 4.74 Å². The van der Waals surface area contributed by atoms with Crippen molar-refractivity contribution in [1.29, 1.82) is 0 Å². The summed E-state index contributed by atoms with van der Waals surface area (Å²) < 4.78 is 5.93. The quantitative estimate of drug-likeness (QED) is 0.537. The number of benzene rings is 3. The molecule has 0 unspecified atom stereocenters. The van der Waals surface area contributed by atoms with E-state index < -0.39 is 0 Å². The van der Waals surface area contributed by atoms with Gasteiger partial charge in [-0.3, -0.25) is 4.79 Å². The Morgan fingerprint density at radius 1 is 0.786 bits per heavy atom. The Morgan fingerprint density at radius 3 is 2.21 bits per heavy atom. The Morgan fingerprint density at radius 2 is 1.46 bits per heavy atom. The fourth-order valence-corrected chi connectivity index (χ4v) is 3.81. The Hall–Kier alpha value is -3.07. The van der Waals surface area contributed by atoms with Crippen LogP contribution in [-0.4, -0.2) is 5.91 Å². The summed E-state index contributed by atoms with van der Waals surface area (Å²) in [5, 5.41) is 2.98. The number of para-hydroxylation sites is 3. The van der Waals surface area contributed by atoms with E-state index in [1.807, 2.05) is 66.7 Å². The zero-order valence-corrected chi connectivity index (χ0v) is 15.9. The minimum atomic E-state index is -0.126. The highest BCUT2D eigenvalue weighted by molar-refractivity contribution is 6.05. The van der Waals surface area contributed by atoms with E-state index in [2.05, 4.69) is 17.4 Å². The Kier molecular flexibility index (Phi) is 5.72. The summed E-state index contributed by atoms with van der Waals surface area (Å²) in [5.74, 6) is 1.88. The molecule has 0 atom stereocenters. The van der Waals surface area contributed by atoms with Gasteiger partial charge in [-0.15, -0.1) is 0 Å². The molecule has 1 saturated carbocycles. The number of hydrogen-bond donors (Lipinski definition) is 1. The van der Waals surface area contributed by atoms with Crippen molar-refractivity contribution >= 4 is 11.6 Å². The molecule has 1 amide bonds. The Balaban J connectivity index is 1.46. The monoisotopic (exact) mass is 371 g/mol. The van der Waals surface area contributed by atoms with E-state index in [1.54, 1.807) is 0 Å². The molecule has 0 bridgehead atoms. The highest BCUT2D eigenvalue weighted by atomic mass is 16.5. The average molecular weight is 371 g/mol. The summed E-state index contributed by atoms with van der Waals surface area (Å²) in [6.45, 7) is 0. The predicted octanol–water partition coefficient (Wildman–Crippen LogP) is 6.78. The first-order valence-corrected chi connectivity index (χ1v) is 10.0. The molecule has 4 rings (SSSR count). The summed E-state index contributed by atoms with van der Waals surface area (Å²) in [4.78, 5) is 12.7. The van der Waals surface area contributed by atoms with Crippen LogP contribution in [0.1, 0.15) is 53.9 Å². The molecule has 0 saturated heterocycles. The fourth-order valence-electron chi connectivity index (χ4n) is 3.81. The van der Waals surface area contributed by atoms with E-state index >= 15 is 0 Å². The van der Waals surface area contributed by atoms with Crippen LogP contribution in [0.4, 0.5) is 5.69 Å². The SMILES string of the molecule is O=C(Nc1ccccc1Oc1ccccc1)c1ccc(C2CCCCC2)cc1. The molecule has 0 aromatic heterocycles. The number of nitrogens with one attached hydrogen (secondary N) is 1. The van der Waals surface area contributed by atoms with Crippen molar-refractivity contribution in [3.63, 3.8) is 0 Å². The first-order chi connectivity index (χ1) is 13.8. The van der Waals surface area contributed by atoms with Crippen LogP contribution in [0.5, 0.6) is 11.5 Å². The smallest absolute Gasteiger partial charge is 0.255 e. The summed E-state index contributed by atoms with van der Waals surface area (Å²) in [6, 6.07) is 25.1. The lowest BCUT2D eigenvalue weighted by Gasteiger charge is -2.22. The number of hydrogen-bond acceptors (Lipinski definition) is 2. The molecular formula is C25H25NO2. The summed E-state index contributed by atoms with van der Waals surface area (Å²) >= 11 is 0. The van der Waals surface area contributed by atoms with Crippen molar-refractivity contribution in [2.75, 3.05) is 5.32 Å². The fraction of sp³-hybridized carbons (Fsp3) is 0.240. The van der Waals surface area contributed by atoms with Gasteiger partial charge in [-0.1, -0.05) is 61.7 Å². The van der Waals surface area contributed by atoms with E-state index in [-0.39, 0.29) is 5.91 Å². The van der Waals surface area contributed by atoms with E-state index in [0.717, 1.165) is 5.75 Å². The van der Waals surface area contributed by atoms with Gasteiger partial charge < -0.3 is 10.1 Å². The van der Waals surface area contributed by atoms with Crippen molar-refractivity contribution in [3.8, 4) is 11.5 Å². The van der Waals surface area contributed by atoms with Crippen LogP contribution in [0.2, 0.25) is 0 Å². The van der Waals surface area contributed by atoms with Crippen molar-refractivity contribution in [3.05, 3.63) is 90.0 Å². The molecule has 28 heavy (non-hydrogen) atoms. The van der Waals surface area contributed by atoms with Crippen LogP contribution >= 0.6 is 0 Å². The molecule has 1 N–H and O–H groups in total. The lowest BCUT2D eigenvalue weighted by molar-refractivity contribution is 0.102. The van der Waals surface area contributed by atoms with Crippen molar-refractivity contribution < 1.29 is 9.53 Å². The third kappa shape index (κ3) is 4.42. The van der Waals surface area contributed by atoms with Crippen LogP contribution in [0.3, 0.4) is 0 Å². The van der Waals surface area contributed by atoms with Crippen LogP contribution in [0, 0.1) is 0 Å². The van der Waals surface area contributed by atoms with Gasteiger partial charge in [0.15, 0.2) is 5.75 Å². The van der Waals surface area contributed by atoms with Crippen LogP contribution in [0.15, 0.2) is 78.9 Å². The summed E-state index contributed by atoms with van der Waals surface area (Å²) in [7, 11) is 0. The zero-order chi connectivity index (χ0) is 19.2. The maximum atomic E-state index is 12.7. The second-order valence-corrected chi connectivity index (χ2v) is 7.32. The molecule has 0 heterocycles. The molecule has 1 aliphatic carbocycles. The Bertz CT molecular complexity index is 913. The summed E-state index contributed by atoms with van der Waals surface area (Å²) in [6.07, 6.45) is 6.49. The molecule has 3 nitrogen and oxygen atoms in total. The van der Waals surface area contributed by atoms with Crippen molar-refractivity contribution in [2.45, 2.75) is 38.0 Å². The minimum Gasteiger partial charge on any atom is -0.455 e. The van der Waals surface area contributed by atoms with Gasteiger partial charge in [0.2, 0.25) is 0 Å². The van der Waals surface area contributed by atoms with Crippen LogP contribution in [0.25, 0.3) is 0 Å². The third-order valence-electron chi connectivity index (χ3n) is 5.36. The van der Waals surface area contributed by atoms with Gasteiger partial charge in [0.25, 0.3) is 5.91 Å². The molecule has 1 aliphatic rings. The first-order valence-electron chi connectivity index (χ1n) is 10.0. The Labute approximate surface area is 166 Å². The molecule has 3 heteroatoms. The average Bonchev–Trinajstić information content (AvgIpc) is 2.76. The van der Waals surface area contributed by atoms with Crippen LogP contribution < -0.4 is 10.1 Å². The van der Waals surface area contributed by atoms with Gasteiger partial charge in [-0.05, 0) is 60.7 Å². The van der Waals surface area contributed by atoms with Gasteiger partial charge in [-0.25, -0.2) is 0 Å². The molecule has 3 aromatic carbocycles. The third-order valence-corrected chi connectivity index (χ3v) is 5.36. The highest BCUT2D eigenvalue weighted by Gasteiger charge is 2.16. The number of carbonyl (C=O) groups excluding carboxylic acids is 1. The summed E-state index contributed by atoms with van der Waals surface area (Å²) in [5.41, 5.74) is 2.67. The maximum Gasteiger partial charge on any atom is 0.255 e. The second-order valence-electron chi connectivity index (χ2n) is 7.32. The van der Waals surface area contributed by atoms with Gasteiger partial charge in [0.1, 0.15) is 5.75 Å².